The Kier molecular flexibility index (Phi) is 3.47. The summed E-state index contributed by atoms with van der Waals surface area (Å²) in [5, 5.41) is 0. The summed E-state index contributed by atoms with van der Waals surface area (Å²) in [4.78, 5) is 17.8. The van der Waals surface area contributed by atoms with Gasteiger partial charge in [-0.1, -0.05) is 12.1 Å². The molecular formula is C15H19N7O. The lowest BCUT2D eigenvalue weighted by atomic mass is 10.3. The summed E-state index contributed by atoms with van der Waals surface area (Å²) in [7, 11) is 1.91. The van der Waals surface area contributed by atoms with Crippen molar-refractivity contribution in [3.8, 4) is 0 Å². The van der Waals surface area contributed by atoms with Crippen LogP contribution in [0.25, 0.3) is 11.0 Å². The number of rotatable bonds is 1. The van der Waals surface area contributed by atoms with Crippen molar-refractivity contribution in [2.75, 3.05) is 33.4 Å². The molecule has 23 heavy (non-hydrogen) atoms. The molecule has 0 bridgehead atoms. The summed E-state index contributed by atoms with van der Waals surface area (Å²) >= 11 is 0. The number of para-hydroxylation sites is 2. The van der Waals surface area contributed by atoms with Crippen molar-refractivity contribution in [2.24, 2.45) is 15.7 Å². The molecule has 2 aliphatic heterocycles. The number of imidazole rings is 1. The minimum absolute atomic E-state index is 0.174. The van der Waals surface area contributed by atoms with E-state index in [1.807, 2.05) is 40.8 Å². The van der Waals surface area contributed by atoms with Crippen molar-refractivity contribution in [1.29, 1.82) is 0 Å². The highest BCUT2D eigenvalue weighted by atomic mass is 16.5. The highest BCUT2D eigenvalue weighted by molar-refractivity contribution is 6.00. The van der Waals surface area contributed by atoms with Crippen LogP contribution in [-0.2, 0) is 4.74 Å². The van der Waals surface area contributed by atoms with E-state index in [9.17, 15) is 0 Å². The number of nitrogens with two attached hydrogens (primary N) is 1. The number of aromatic nitrogens is 2. The van der Waals surface area contributed by atoms with E-state index in [2.05, 4.69) is 14.9 Å². The smallest absolute Gasteiger partial charge is 0.237 e. The Balaban J connectivity index is 1.74. The molecule has 120 valence electrons. The molecule has 2 aromatic rings. The number of hydrogen-bond donors (Lipinski definition) is 1. The monoisotopic (exact) mass is 313 g/mol. The summed E-state index contributed by atoms with van der Waals surface area (Å²) in [6.07, 6.45) is 1.56. The van der Waals surface area contributed by atoms with Crippen molar-refractivity contribution >= 4 is 23.0 Å². The third kappa shape index (κ3) is 2.45. The first-order chi connectivity index (χ1) is 11.2. The van der Waals surface area contributed by atoms with Crippen LogP contribution in [0.2, 0.25) is 0 Å². The summed E-state index contributed by atoms with van der Waals surface area (Å²) < 4.78 is 7.30. The normalized spacial score (nSPS) is 23.0. The molecule has 1 aromatic heterocycles. The molecule has 1 fully saturated rings. The minimum atomic E-state index is -0.174. The van der Waals surface area contributed by atoms with E-state index >= 15 is 0 Å². The molecule has 0 spiro atoms. The van der Waals surface area contributed by atoms with E-state index in [-0.39, 0.29) is 6.29 Å². The molecule has 0 radical (unpaired) electrons. The average Bonchev–Trinajstić information content (AvgIpc) is 3.02. The molecule has 3 heterocycles. The molecule has 0 saturated carbocycles. The van der Waals surface area contributed by atoms with Gasteiger partial charge in [0.2, 0.25) is 11.9 Å². The van der Waals surface area contributed by atoms with E-state index in [0.29, 0.717) is 25.1 Å². The second-order valence-corrected chi connectivity index (χ2v) is 5.61. The third-order valence-corrected chi connectivity index (χ3v) is 4.19. The molecule has 0 aliphatic carbocycles. The quantitative estimate of drug-likeness (QED) is 0.808. The first kappa shape index (κ1) is 14.2. The van der Waals surface area contributed by atoms with Crippen LogP contribution in [0.4, 0.5) is 0 Å². The van der Waals surface area contributed by atoms with Gasteiger partial charge in [0.05, 0.1) is 24.2 Å². The van der Waals surface area contributed by atoms with Crippen molar-refractivity contribution in [2.45, 2.75) is 6.29 Å². The summed E-state index contributed by atoms with van der Waals surface area (Å²) in [5.41, 5.74) is 7.99. The van der Waals surface area contributed by atoms with Crippen LogP contribution in [0.3, 0.4) is 0 Å². The molecule has 2 N–H and O–H groups in total. The van der Waals surface area contributed by atoms with Crippen LogP contribution >= 0.6 is 0 Å². The zero-order valence-electron chi connectivity index (χ0n) is 13.0. The molecule has 1 atom stereocenters. The first-order valence-corrected chi connectivity index (χ1v) is 7.63. The van der Waals surface area contributed by atoms with Gasteiger partial charge in [-0.05, 0) is 12.1 Å². The zero-order valence-corrected chi connectivity index (χ0v) is 13.0. The Morgan fingerprint density at radius 3 is 2.83 bits per heavy atom. The number of fused-ring (bicyclic) bond motifs is 1. The summed E-state index contributed by atoms with van der Waals surface area (Å²) in [6.45, 7) is 3.06. The van der Waals surface area contributed by atoms with Gasteiger partial charge >= 0.3 is 0 Å². The summed E-state index contributed by atoms with van der Waals surface area (Å²) in [6, 6.07) is 7.90. The molecule has 8 heteroatoms. The van der Waals surface area contributed by atoms with E-state index in [0.717, 1.165) is 24.1 Å². The Morgan fingerprint density at radius 1 is 1.22 bits per heavy atom. The van der Waals surface area contributed by atoms with Crippen LogP contribution in [0.15, 0.2) is 40.6 Å². The number of guanidine groups is 1. The first-order valence-electron chi connectivity index (χ1n) is 7.63. The highest BCUT2D eigenvalue weighted by Gasteiger charge is 2.29. The van der Waals surface area contributed by atoms with Gasteiger partial charge in [0.15, 0.2) is 6.29 Å². The van der Waals surface area contributed by atoms with Crippen molar-refractivity contribution in [3.05, 3.63) is 30.6 Å². The average molecular weight is 313 g/mol. The second-order valence-electron chi connectivity index (χ2n) is 5.61. The van der Waals surface area contributed by atoms with Crippen LogP contribution in [0, 0.1) is 0 Å². The van der Waals surface area contributed by atoms with Crippen LogP contribution in [0.1, 0.15) is 0 Å². The SMILES string of the molecule is CN1C(N)=NC(n2cnc3ccccc32)=NC1N1CCOCC1. The van der Waals surface area contributed by atoms with Crippen molar-refractivity contribution in [3.63, 3.8) is 0 Å². The Labute approximate surface area is 133 Å². The predicted molar refractivity (Wildman–Crippen MR) is 88.1 cm³/mol. The van der Waals surface area contributed by atoms with Crippen molar-refractivity contribution in [1.82, 2.24) is 19.4 Å². The molecule has 8 nitrogen and oxygen atoms in total. The zero-order chi connectivity index (χ0) is 15.8. The molecule has 1 saturated heterocycles. The predicted octanol–water partition coefficient (Wildman–Crippen LogP) is 0.116. The van der Waals surface area contributed by atoms with Gasteiger partial charge in [-0.25, -0.2) is 9.98 Å². The second kappa shape index (κ2) is 5.64. The standard InChI is InChI=1S/C15H19N7O/c1-20-13(16)18-14(19-15(20)21-6-8-23-9-7-21)22-10-17-11-4-2-3-5-12(11)22/h2-5,10,15H,6-9H2,1H3,(H2,16,18,19). The number of ether oxygens (including phenoxy) is 1. The lowest BCUT2D eigenvalue weighted by molar-refractivity contribution is -0.00790. The largest absolute Gasteiger partial charge is 0.379 e. The fourth-order valence-corrected chi connectivity index (χ4v) is 2.89. The fourth-order valence-electron chi connectivity index (χ4n) is 2.89. The molecule has 4 rings (SSSR count). The fraction of sp³-hybridized carbons (Fsp3) is 0.400. The molecule has 2 aliphatic rings. The Bertz CT molecular complexity index is 775. The lowest BCUT2D eigenvalue weighted by Crippen LogP contribution is -2.56. The van der Waals surface area contributed by atoms with Gasteiger partial charge in [-0.3, -0.25) is 9.47 Å². The third-order valence-electron chi connectivity index (χ3n) is 4.19. The van der Waals surface area contributed by atoms with Gasteiger partial charge in [0.1, 0.15) is 6.33 Å². The Hall–Kier alpha value is -2.45. The number of hydrogen-bond acceptors (Lipinski definition) is 7. The maximum absolute atomic E-state index is 6.12. The van der Waals surface area contributed by atoms with Gasteiger partial charge in [-0.15, -0.1) is 0 Å². The number of nitrogens with zero attached hydrogens (tertiary/aromatic N) is 6. The molecular weight excluding hydrogens is 294 g/mol. The van der Waals surface area contributed by atoms with Gasteiger partial charge in [-0.2, -0.15) is 4.99 Å². The minimum Gasteiger partial charge on any atom is -0.379 e. The Morgan fingerprint density at radius 2 is 2.00 bits per heavy atom. The maximum atomic E-state index is 6.12. The van der Waals surface area contributed by atoms with Crippen LogP contribution in [-0.4, -0.2) is 70.9 Å². The van der Waals surface area contributed by atoms with Gasteiger partial charge in [0, 0.05) is 20.1 Å². The number of morpholine rings is 1. The topological polar surface area (TPSA) is 84.3 Å². The van der Waals surface area contributed by atoms with Crippen molar-refractivity contribution < 1.29 is 4.74 Å². The molecule has 0 amide bonds. The summed E-state index contributed by atoms with van der Waals surface area (Å²) in [5.74, 6) is 1.01. The van der Waals surface area contributed by atoms with E-state index in [1.165, 1.54) is 0 Å². The number of aliphatic imine (C=N–C) groups is 2. The molecule has 1 aromatic carbocycles. The maximum Gasteiger partial charge on any atom is 0.237 e. The number of benzene rings is 1. The van der Waals surface area contributed by atoms with Gasteiger partial charge < -0.3 is 15.4 Å². The van der Waals surface area contributed by atoms with E-state index in [4.69, 9.17) is 15.5 Å². The van der Waals surface area contributed by atoms with E-state index < -0.39 is 0 Å². The highest BCUT2D eigenvalue weighted by Crippen LogP contribution is 2.17. The van der Waals surface area contributed by atoms with Crippen LogP contribution in [0.5, 0.6) is 0 Å². The van der Waals surface area contributed by atoms with Crippen LogP contribution < -0.4 is 5.73 Å². The lowest BCUT2D eigenvalue weighted by Gasteiger charge is -2.39. The molecule has 1 unspecified atom stereocenters. The van der Waals surface area contributed by atoms with E-state index in [1.54, 1.807) is 6.33 Å². The van der Waals surface area contributed by atoms with Gasteiger partial charge in [0.25, 0.3) is 0 Å².